The van der Waals surface area contributed by atoms with Crippen LogP contribution in [0.3, 0.4) is 0 Å². The summed E-state index contributed by atoms with van der Waals surface area (Å²) in [7, 11) is 1.80. The van der Waals surface area contributed by atoms with Gasteiger partial charge in [-0.3, -0.25) is 0 Å². The lowest BCUT2D eigenvalue weighted by Crippen LogP contribution is -1.95. The van der Waals surface area contributed by atoms with Gasteiger partial charge in [0.1, 0.15) is 17.4 Å². The number of phenolic OH excluding ortho intramolecular Hbond substituents is 1. The molecule has 0 aliphatic rings. The fraction of sp³-hybridized carbons (Fsp3) is 0.0714. The van der Waals surface area contributed by atoms with Gasteiger partial charge in [-0.05, 0) is 30.3 Å². The monoisotopic (exact) mass is 320 g/mol. The lowest BCUT2D eigenvalue weighted by molar-refractivity contribution is 0.471. The van der Waals surface area contributed by atoms with E-state index >= 15 is 0 Å². The second kappa shape index (κ2) is 4.35. The Balaban J connectivity index is 2.34. The van der Waals surface area contributed by atoms with Gasteiger partial charge in [-0.25, -0.2) is 9.37 Å². The Morgan fingerprint density at radius 2 is 2.05 bits per heavy atom. The van der Waals surface area contributed by atoms with Gasteiger partial charge in [-0.15, -0.1) is 0 Å². The summed E-state index contributed by atoms with van der Waals surface area (Å²) in [5.74, 6) is -0.196. The number of rotatable bonds is 1. The largest absolute Gasteiger partial charge is 0.507 e. The molecule has 0 aliphatic heterocycles. The highest BCUT2D eigenvalue weighted by molar-refractivity contribution is 9.10. The molecule has 96 valence electrons. The van der Waals surface area contributed by atoms with E-state index in [2.05, 4.69) is 20.9 Å². The summed E-state index contributed by atoms with van der Waals surface area (Å²) >= 11 is 3.38. The molecule has 3 nitrogen and oxygen atoms in total. The van der Waals surface area contributed by atoms with E-state index in [1.165, 1.54) is 18.2 Å². The minimum Gasteiger partial charge on any atom is -0.507 e. The molecular weight excluding hydrogens is 311 g/mol. The fourth-order valence-corrected chi connectivity index (χ4v) is 2.48. The minimum atomic E-state index is -0.488. The molecule has 0 aliphatic carbocycles. The smallest absolute Gasteiger partial charge is 0.147 e. The van der Waals surface area contributed by atoms with Crippen molar-refractivity contribution in [2.24, 2.45) is 7.05 Å². The maximum atomic E-state index is 13.9. The Kier molecular flexibility index (Phi) is 2.78. The second-order valence-electron chi connectivity index (χ2n) is 4.26. The highest BCUT2D eigenvalue weighted by Crippen LogP contribution is 2.33. The second-order valence-corrected chi connectivity index (χ2v) is 5.18. The molecule has 19 heavy (non-hydrogen) atoms. The molecule has 3 rings (SSSR count). The first-order valence-corrected chi connectivity index (χ1v) is 6.47. The quantitative estimate of drug-likeness (QED) is 0.739. The third-order valence-electron chi connectivity index (χ3n) is 3.06. The number of fused-ring (bicyclic) bond motifs is 1. The number of aryl methyl sites for hydroxylation is 1. The average Bonchev–Trinajstić information content (AvgIpc) is 2.66. The number of nitrogens with zero attached hydrogens (tertiary/aromatic N) is 2. The zero-order valence-electron chi connectivity index (χ0n) is 10.1. The van der Waals surface area contributed by atoms with Gasteiger partial charge >= 0.3 is 0 Å². The molecule has 0 fully saturated rings. The molecule has 0 saturated heterocycles. The Bertz CT molecular complexity index is 762. The molecular formula is C14H10BrFN2O. The summed E-state index contributed by atoms with van der Waals surface area (Å²) in [6.45, 7) is 0. The molecule has 1 N–H and O–H groups in total. The van der Waals surface area contributed by atoms with Crippen LogP contribution in [-0.4, -0.2) is 14.7 Å². The molecule has 3 aromatic rings. The van der Waals surface area contributed by atoms with E-state index < -0.39 is 5.82 Å². The van der Waals surface area contributed by atoms with Crippen LogP contribution in [0.2, 0.25) is 0 Å². The first kappa shape index (κ1) is 12.2. The number of aromatic nitrogens is 2. The number of halogens is 2. The van der Waals surface area contributed by atoms with Gasteiger partial charge in [0.15, 0.2) is 0 Å². The van der Waals surface area contributed by atoms with E-state index in [1.807, 2.05) is 18.2 Å². The van der Waals surface area contributed by atoms with Crippen molar-refractivity contribution < 1.29 is 9.50 Å². The van der Waals surface area contributed by atoms with E-state index in [4.69, 9.17) is 0 Å². The van der Waals surface area contributed by atoms with Gasteiger partial charge in [0.2, 0.25) is 0 Å². The lowest BCUT2D eigenvalue weighted by Gasteiger charge is -2.06. The molecule has 0 spiro atoms. The lowest BCUT2D eigenvalue weighted by atomic mass is 10.2. The van der Waals surface area contributed by atoms with Gasteiger partial charge in [0, 0.05) is 11.5 Å². The summed E-state index contributed by atoms with van der Waals surface area (Å²) in [6.07, 6.45) is 0. The van der Waals surface area contributed by atoms with Crippen LogP contribution >= 0.6 is 15.9 Å². The van der Waals surface area contributed by atoms with Gasteiger partial charge < -0.3 is 9.67 Å². The zero-order valence-corrected chi connectivity index (χ0v) is 11.6. The maximum absolute atomic E-state index is 13.9. The van der Waals surface area contributed by atoms with Crippen LogP contribution in [0.5, 0.6) is 5.75 Å². The predicted molar refractivity (Wildman–Crippen MR) is 75.5 cm³/mol. The van der Waals surface area contributed by atoms with E-state index in [1.54, 1.807) is 11.6 Å². The van der Waals surface area contributed by atoms with Crippen molar-refractivity contribution in [1.29, 1.82) is 0 Å². The first-order chi connectivity index (χ1) is 9.08. The van der Waals surface area contributed by atoms with E-state index in [0.29, 0.717) is 5.82 Å². The summed E-state index contributed by atoms with van der Waals surface area (Å²) in [4.78, 5) is 4.40. The molecule has 0 unspecified atom stereocenters. The molecule has 0 amide bonds. The molecule has 5 heteroatoms. The molecule has 1 heterocycles. The predicted octanol–water partition coefficient (Wildman–Crippen LogP) is 3.85. The van der Waals surface area contributed by atoms with Gasteiger partial charge in [0.05, 0.1) is 16.6 Å². The fourth-order valence-electron chi connectivity index (χ4n) is 2.13. The Hall–Kier alpha value is -1.88. The number of imidazole rings is 1. The Labute approximate surface area is 117 Å². The number of phenols is 1. The summed E-state index contributed by atoms with van der Waals surface area (Å²) in [5, 5.41) is 9.85. The van der Waals surface area contributed by atoms with Crippen LogP contribution in [-0.2, 0) is 7.05 Å². The summed E-state index contributed by atoms with van der Waals surface area (Å²) in [6, 6.07) is 9.88. The number of hydrogen-bond acceptors (Lipinski definition) is 2. The van der Waals surface area contributed by atoms with Crippen molar-refractivity contribution in [3.05, 3.63) is 46.7 Å². The first-order valence-electron chi connectivity index (χ1n) is 5.68. The Morgan fingerprint density at radius 1 is 1.26 bits per heavy atom. The average molecular weight is 321 g/mol. The number of aromatic hydroxyl groups is 1. The molecule has 0 bridgehead atoms. The molecule has 0 saturated carbocycles. The molecule has 0 atom stereocenters. The van der Waals surface area contributed by atoms with Crippen molar-refractivity contribution >= 4 is 27.0 Å². The molecule has 0 radical (unpaired) electrons. The van der Waals surface area contributed by atoms with Gasteiger partial charge in [-0.2, -0.15) is 0 Å². The zero-order chi connectivity index (χ0) is 13.6. The Morgan fingerprint density at radius 3 is 2.79 bits per heavy atom. The van der Waals surface area contributed by atoms with Crippen molar-refractivity contribution in [3.63, 3.8) is 0 Å². The number of benzene rings is 2. The van der Waals surface area contributed by atoms with Gasteiger partial charge in [0.25, 0.3) is 0 Å². The van der Waals surface area contributed by atoms with Crippen molar-refractivity contribution in [2.45, 2.75) is 0 Å². The van der Waals surface area contributed by atoms with Crippen LogP contribution in [0.4, 0.5) is 4.39 Å². The van der Waals surface area contributed by atoms with E-state index in [0.717, 1.165) is 15.5 Å². The third-order valence-corrected chi connectivity index (χ3v) is 3.55. The van der Waals surface area contributed by atoms with E-state index in [9.17, 15) is 9.50 Å². The number of hydrogen-bond donors (Lipinski definition) is 1. The third kappa shape index (κ3) is 1.90. The highest BCUT2D eigenvalue weighted by atomic mass is 79.9. The van der Waals surface area contributed by atoms with Crippen molar-refractivity contribution in [3.8, 4) is 17.1 Å². The van der Waals surface area contributed by atoms with Crippen LogP contribution < -0.4 is 0 Å². The van der Waals surface area contributed by atoms with E-state index in [-0.39, 0.29) is 11.3 Å². The maximum Gasteiger partial charge on any atom is 0.147 e. The van der Waals surface area contributed by atoms with Crippen LogP contribution in [0.25, 0.3) is 22.4 Å². The summed E-state index contributed by atoms with van der Waals surface area (Å²) in [5.41, 5.74) is 1.74. The molecule has 1 aromatic heterocycles. The van der Waals surface area contributed by atoms with Crippen molar-refractivity contribution in [1.82, 2.24) is 9.55 Å². The van der Waals surface area contributed by atoms with Gasteiger partial charge in [-0.1, -0.05) is 22.0 Å². The normalized spacial score (nSPS) is 11.1. The van der Waals surface area contributed by atoms with Crippen LogP contribution in [0.15, 0.2) is 40.9 Å². The molecule has 2 aromatic carbocycles. The van der Waals surface area contributed by atoms with Crippen molar-refractivity contribution in [2.75, 3.05) is 0 Å². The standard InChI is InChI=1S/C14H10BrFN2O/c1-18-11-6-5-8(15)7-10(11)17-14(18)13-9(16)3-2-4-12(13)19/h2-7,19H,1H3. The minimum absolute atomic E-state index is 0.113. The highest BCUT2D eigenvalue weighted by Gasteiger charge is 2.17. The SMILES string of the molecule is Cn1c(-c2c(O)cccc2F)nc2cc(Br)ccc21. The summed E-state index contributed by atoms with van der Waals surface area (Å²) < 4.78 is 16.6. The topological polar surface area (TPSA) is 38.0 Å². The van der Waals surface area contributed by atoms with Crippen LogP contribution in [0.1, 0.15) is 0 Å². The van der Waals surface area contributed by atoms with Crippen LogP contribution in [0, 0.1) is 5.82 Å².